The van der Waals surface area contributed by atoms with E-state index < -0.39 is 18.0 Å². The average molecular weight is 802 g/mol. The Bertz CT molecular complexity index is 1730. The van der Waals surface area contributed by atoms with Crippen molar-refractivity contribution in [3.8, 4) is 17.2 Å². The molecule has 0 fully saturated rings. The highest BCUT2D eigenvalue weighted by Gasteiger charge is 2.36. The molecule has 216 valence electrons. The van der Waals surface area contributed by atoms with Gasteiger partial charge in [0.1, 0.15) is 17.5 Å². The minimum Gasteiger partial charge on any atom is -0.497 e. The van der Waals surface area contributed by atoms with Crippen molar-refractivity contribution in [3.63, 3.8) is 0 Å². The number of aromatic nitrogens is 1. The summed E-state index contributed by atoms with van der Waals surface area (Å²) in [5.74, 6) is 0.380. The highest BCUT2D eigenvalue weighted by Crippen LogP contribution is 2.39. The van der Waals surface area contributed by atoms with E-state index in [1.807, 2.05) is 19.1 Å². The van der Waals surface area contributed by atoms with E-state index in [4.69, 9.17) is 23.9 Å². The third kappa shape index (κ3) is 6.53. The lowest BCUT2D eigenvalue weighted by atomic mass is 9.93. The van der Waals surface area contributed by atoms with Crippen molar-refractivity contribution >= 4 is 74.5 Å². The Balaban J connectivity index is 2.08. The number of esters is 2. The van der Waals surface area contributed by atoms with Crippen LogP contribution in [0.1, 0.15) is 50.8 Å². The number of allylic oxidation sites excluding steroid dienone is 1. The summed E-state index contributed by atoms with van der Waals surface area (Å²) in [6, 6.07) is 8.11. The highest BCUT2D eigenvalue weighted by molar-refractivity contribution is 14.1. The maximum absolute atomic E-state index is 14.2. The molecule has 0 amide bonds. The lowest BCUT2D eigenvalue weighted by molar-refractivity contribution is -0.139. The van der Waals surface area contributed by atoms with E-state index in [1.165, 1.54) is 29.9 Å². The zero-order valence-corrected chi connectivity index (χ0v) is 28.2. The van der Waals surface area contributed by atoms with Gasteiger partial charge in [-0.25, -0.2) is 9.79 Å². The van der Waals surface area contributed by atoms with Crippen molar-refractivity contribution in [2.75, 3.05) is 20.8 Å². The first kappa shape index (κ1) is 31.2. The molecule has 0 N–H and O–H groups in total. The quantitative estimate of drug-likeness (QED) is 0.175. The highest BCUT2D eigenvalue weighted by atomic mass is 127. The van der Waals surface area contributed by atoms with Crippen LogP contribution in [-0.2, 0) is 14.3 Å². The Labute approximate surface area is 268 Å². The fraction of sp³-hybridized carbons (Fsp3) is 0.310. The fourth-order valence-electron chi connectivity index (χ4n) is 4.55. The molecule has 4 rings (SSSR count). The standard InChI is InChI=1S/C29H28I2N2O7S/c1-6-8-21-24(28(36)39-7-2)25(19-14-18(37-4)9-10-22(19)38-5)33-27(35)23(41-29(33)32-21)12-16-11-17(30)13-20(31)26(16)40-15(3)34/h9-14,25H,6-8H2,1-5H3/b23-12-/t25-/m0/s1. The number of rotatable bonds is 9. The summed E-state index contributed by atoms with van der Waals surface area (Å²) in [5, 5.41) is 0. The van der Waals surface area contributed by atoms with Gasteiger partial charge in [-0.05, 0) is 94.9 Å². The lowest BCUT2D eigenvalue weighted by Gasteiger charge is -2.27. The van der Waals surface area contributed by atoms with Crippen LogP contribution in [0.15, 0.2) is 51.4 Å². The number of halogens is 2. The summed E-state index contributed by atoms with van der Waals surface area (Å²) in [6.07, 6.45) is 2.93. The van der Waals surface area contributed by atoms with Gasteiger partial charge in [-0.2, -0.15) is 0 Å². The van der Waals surface area contributed by atoms with Gasteiger partial charge in [0, 0.05) is 21.6 Å². The van der Waals surface area contributed by atoms with Crippen LogP contribution in [0.4, 0.5) is 0 Å². The monoisotopic (exact) mass is 802 g/mol. The summed E-state index contributed by atoms with van der Waals surface area (Å²) in [5.41, 5.74) is 1.62. The molecule has 0 unspecified atom stereocenters. The Hall–Kier alpha value is -2.72. The molecule has 0 saturated carbocycles. The Kier molecular flexibility index (Phi) is 10.3. The third-order valence-electron chi connectivity index (χ3n) is 6.19. The van der Waals surface area contributed by atoms with Crippen LogP contribution in [0.5, 0.6) is 17.2 Å². The number of benzene rings is 2. The van der Waals surface area contributed by atoms with Crippen LogP contribution in [0, 0.1) is 7.14 Å². The number of thiazole rings is 1. The van der Waals surface area contributed by atoms with E-state index in [1.54, 1.807) is 38.3 Å². The first-order valence-electron chi connectivity index (χ1n) is 12.7. The van der Waals surface area contributed by atoms with E-state index in [2.05, 4.69) is 45.2 Å². The van der Waals surface area contributed by atoms with Crippen molar-refractivity contribution < 1.29 is 28.5 Å². The van der Waals surface area contributed by atoms with E-state index in [0.717, 1.165) is 13.6 Å². The first-order chi connectivity index (χ1) is 19.6. The molecule has 1 aromatic heterocycles. The van der Waals surface area contributed by atoms with Gasteiger partial charge in [0.05, 0.1) is 40.2 Å². The number of nitrogens with zero attached hydrogens (tertiary/aromatic N) is 2. The predicted octanol–water partition coefficient (Wildman–Crippen LogP) is 4.73. The summed E-state index contributed by atoms with van der Waals surface area (Å²) < 4.78 is 25.7. The first-order valence-corrected chi connectivity index (χ1v) is 15.7. The van der Waals surface area contributed by atoms with Crippen LogP contribution >= 0.6 is 56.5 Å². The lowest BCUT2D eigenvalue weighted by Crippen LogP contribution is -2.40. The number of hydrogen-bond donors (Lipinski definition) is 0. The van der Waals surface area contributed by atoms with Gasteiger partial charge >= 0.3 is 11.9 Å². The van der Waals surface area contributed by atoms with Crippen molar-refractivity contribution in [1.29, 1.82) is 0 Å². The second kappa shape index (κ2) is 13.5. The van der Waals surface area contributed by atoms with Crippen LogP contribution in [-0.4, -0.2) is 37.3 Å². The van der Waals surface area contributed by atoms with Gasteiger partial charge in [0.2, 0.25) is 0 Å². The molecule has 12 heteroatoms. The molecule has 0 saturated heterocycles. The normalized spacial score (nSPS) is 14.8. The van der Waals surface area contributed by atoms with Crippen molar-refractivity contribution in [3.05, 3.63) is 79.6 Å². The Morgan fingerprint density at radius 3 is 2.51 bits per heavy atom. The smallest absolute Gasteiger partial charge is 0.338 e. The SMILES string of the molecule is CCCC1=C(C(=O)OCC)[C@H](c2cc(OC)ccc2OC)n2c(s/c(=C\c3cc(I)cc(I)c3OC(C)=O)c2=O)=N1. The van der Waals surface area contributed by atoms with Crippen LogP contribution < -0.4 is 29.1 Å². The molecule has 3 aromatic rings. The molecule has 41 heavy (non-hydrogen) atoms. The molecule has 0 aliphatic carbocycles. The maximum atomic E-state index is 14.2. The van der Waals surface area contributed by atoms with Gasteiger partial charge < -0.3 is 18.9 Å². The largest absolute Gasteiger partial charge is 0.497 e. The van der Waals surface area contributed by atoms with Crippen LogP contribution in [0.3, 0.4) is 0 Å². The topological polar surface area (TPSA) is 105 Å². The number of ether oxygens (including phenoxy) is 4. The molecule has 1 atom stereocenters. The number of fused-ring (bicyclic) bond motifs is 1. The van der Waals surface area contributed by atoms with Gasteiger partial charge in [0.15, 0.2) is 10.6 Å². The van der Waals surface area contributed by atoms with Gasteiger partial charge in [0.25, 0.3) is 5.56 Å². The summed E-state index contributed by atoms with van der Waals surface area (Å²) in [4.78, 5) is 44.7. The molecule has 1 aliphatic rings. The molecule has 0 spiro atoms. The molecule has 0 radical (unpaired) electrons. The minimum absolute atomic E-state index is 0.165. The summed E-state index contributed by atoms with van der Waals surface area (Å²) in [6.45, 7) is 5.23. The molecule has 2 aromatic carbocycles. The minimum atomic E-state index is -0.872. The Morgan fingerprint density at radius 2 is 1.88 bits per heavy atom. The second-order valence-corrected chi connectivity index (χ2v) is 12.3. The zero-order chi connectivity index (χ0) is 29.8. The van der Waals surface area contributed by atoms with Crippen molar-refractivity contribution in [2.24, 2.45) is 4.99 Å². The molecule has 1 aliphatic heterocycles. The predicted molar refractivity (Wildman–Crippen MR) is 172 cm³/mol. The third-order valence-corrected chi connectivity index (χ3v) is 8.60. The van der Waals surface area contributed by atoms with Crippen molar-refractivity contribution in [1.82, 2.24) is 4.57 Å². The average Bonchev–Trinajstić information content (AvgIpc) is 3.23. The molecule has 2 heterocycles. The van der Waals surface area contributed by atoms with Crippen LogP contribution in [0.2, 0.25) is 0 Å². The number of methoxy groups -OCH3 is 2. The molecular weight excluding hydrogens is 774 g/mol. The molecule has 9 nitrogen and oxygen atoms in total. The van der Waals surface area contributed by atoms with E-state index in [9.17, 15) is 14.4 Å². The van der Waals surface area contributed by atoms with Crippen LogP contribution in [0.25, 0.3) is 6.08 Å². The van der Waals surface area contributed by atoms with E-state index in [0.29, 0.717) is 49.8 Å². The van der Waals surface area contributed by atoms with Crippen molar-refractivity contribution in [2.45, 2.75) is 39.7 Å². The molecular formula is C29H28I2N2O7S. The van der Waals surface area contributed by atoms with E-state index in [-0.39, 0.29) is 17.7 Å². The zero-order valence-electron chi connectivity index (χ0n) is 23.1. The van der Waals surface area contributed by atoms with Gasteiger partial charge in [-0.3, -0.25) is 14.2 Å². The summed E-state index contributed by atoms with van der Waals surface area (Å²) in [7, 11) is 3.08. The number of carbonyl (C=O) groups is 2. The van der Waals surface area contributed by atoms with Gasteiger partial charge in [-0.1, -0.05) is 24.7 Å². The van der Waals surface area contributed by atoms with Gasteiger partial charge in [-0.15, -0.1) is 0 Å². The number of hydrogen-bond acceptors (Lipinski definition) is 9. The van der Waals surface area contributed by atoms with E-state index >= 15 is 0 Å². The maximum Gasteiger partial charge on any atom is 0.338 e. The number of carbonyl (C=O) groups excluding carboxylic acids is 2. The summed E-state index contributed by atoms with van der Waals surface area (Å²) >= 11 is 5.48. The molecule has 0 bridgehead atoms. The fourth-order valence-corrected chi connectivity index (χ4v) is 7.56. The second-order valence-electron chi connectivity index (χ2n) is 8.92. The Morgan fingerprint density at radius 1 is 1.12 bits per heavy atom.